The molecule has 1 aromatic carbocycles. The van der Waals surface area contributed by atoms with E-state index in [0.29, 0.717) is 36.8 Å². The number of carbonyl (C=O) groups excluding carboxylic acids is 2. The highest BCUT2D eigenvalue weighted by atomic mass is 32.2. The molecule has 0 atom stereocenters. The van der Waals surface area contributed by atoms with E-state index in [1.54, 1.807) is 9.80 Å². The number of hydrogen-bond donors (Lipinski definition) is 1. The maximum Gasteiger partial charge on any atom is 0.321 e. The second kappa shape index (κ2) is 9.43. The first-order chi connectivity index (χ1) is 14.0. The average Bonchev–Trinajstić information content (AvgIpc) is 2.72. The monoisotopic (exact) mass is 409 g/mol. The molecule has 2 heterocycles. The molecule has 0 unspecified atom stereocenters. The first-order valence-electron chi connectivity index (χ1n) is 9.38. The molecule has 0 radical (unpaired) electrons. The maximum atomic E-state index is 12.6. The molecule has 29 heavy (non-hydrogen) atoms. The molecule has 3 rings (SSSR count). The minimum Gasteiger partial charge on any atom is -0.338 e. The SMILES string of the molecule is Cc1cc(C)c(C#N)c(SCC(=O)N2CCN(C(=O)Nc3ccccc3)CC2)n1. The predicted molar refractivity (Wildman–Crippen MR) is 113 cm³/mol. The van der Waals surface area contributed by atoms with E-state index in [1.165, 1.54) is 11.8 Å². The van der Waals surface area contributed by atoms with Crippen molar-refractivity contribution < 1.29 is 9.59 Å². The van der Waals surface area contributed by atoms with Gasteiger partial charge < -0.3 is 15.1 Å². The van der Waals surface area contributed by atoms with E-state index in [-0.39, 0.29) is 17.7 Å². The van der Waals surface area contributed by atoms with Crippen LogP contribution in [0.2, 0.25) is 0 Å². The van der Waals surface area contributed by atoms with Gasteiger partial charge in [-0.1, -0.05) is 30.0 Å². The van der Waals surface area contributed by atoms with Gasteiger partial charge in [0, 0.05) is 37.6 Å². The molecule has 1 fully saturated rings. The number of aromatic nitrogens is 1. The summed E-state index contributed by atoms with van der Waals surface area (Å²) in [6.07, 6.45) is 0. The van der Waals surface area contributed by atoms with Crippen molar-refractivity contribution in [1.29, 1.82) is 5.26 Å². The molecule has 1 N–H and O–H groups in total. The molecule has 0 saturated carbocycles. The summed E-state index contributed by atoms with van der Waals surface area (Å²) >= 11 is 1.29. The van der Waals surface area contributed by atoms with Crippen molar-refractivity contribution in [3.8, 4) is 6.07 Å². The second-order valence-corrected chi connectivity index (χ2v) is 7.79. The topological polar surface area (TPSA) is 89.3 Å². The Hall–Kier alpha value is -3.05. The van der Waals surface area contributed by atoms with Crippen LogP contribution in [0.4, 0.5) is 10.5 Å². The van der Waals surface area contributed by atoms with E-state index >= 15 is 0 Å². The van der Waals surface area contributed by atoms with Crippen LogP contribution in [0.3, 0.4) is 0 Å². The van der Waals surface area contributed by atoms with Gasteiger partial charge in [0.05, 0.1) is 11.3 Å². The highest BCUT2D eigenvalue weighted by molar-refractivity contribution is 8.00. The second-order valence-electron chi connectivity index (χ2n) is 6.83. The van der Waals surface area contributed by atoms with Gasteiger partial charge in [0.25, 0.3) is 0 Å². The van der Waals surface area contributed by atoms with Crippen LogP contribution in [0.5, 0.6) is 0 Å². The van der Waals surface area contributed by atoms with Crippen molar-refractivity contribution in [3.63, 3.8) is 0 Å². The highest BCUT2D eigenvalue weighted by Crippen LogP contribution is 2.24. The van der Waals surface area contributed by atoms with Crippen LogP contribution in [-0.4, -0.2) is 58.7 Å². The first kappa shape index (κ1) is 20.7. The number of nitrogens with one attached hydrogen (secondary N) is 1. The number of benzene rings is 1. The van der Waals surface area contributed by atoms with Gasteiger partial charge in [0.2, 0.25) is 5.91 Å². The lowest BCUT2D eigenvalue weighted by Gasteiger charge is -2.34. The molecule has 3 amide bonds. The summed E-state index contributed by atoms with van der Waals surface area (Å²) in [6.45, 7) is 5.71. The number of nitrogens with zero attached hydrogens (tertiary/aromatic N) is 4. The summed E-state index contributed by atoms with van der Waals surface area (Å²) in [6, 6.07) is 13.2. The van der Waals surface area contributed by atoms with Gasteiger partial charge in [-0.15, -0.1) is 0 Å². The minimum absolute atomic E-state index is 0.0111. The number of nitriles is 1. The third-order valence-corrected chi connectivity index (χ3v) is 5.66. The van der Waals surface area contributed by atoms with E-state index in [2.05, 4.69) is 16.4 Å². The van der Waals surface area contributed by atoms with Gasteiger partial charge >= 0.3 is 6.03 Å². The molecule has 0 aliphatic carbocycles. The molecule has 2 aromatic rings. The Morgan fingerprint density at radius 2 is 1.79 bits per heavy atom. The molecule has 0 spiro atoms. The fourth-order valence-electron chi connectivity index (χ4n) is 3.15. The van der Waals surface area contributed by atoms with Gasteiger partial charge in [-0.3, -0.25) is 4.79 Å². The fourth-order valence-corrected chi connectivity index (χ4v) is 4.15. The summed E-state index contributed by atoms with van der Waals surface area (Å²) in [4.78, 5) is 32.8. The van der Waals surface area contributed by atoms with Crippen molar-refractivity contribution >= 4 is 29.4 Å². The minimum atomic E-state index is -0.157. The van der Waals surface area contributed by atoms with Gasteiger partial charge in [-0.2, -0.15) is 5.26 Å². The molecule has 1 aliphatic rings. The van der Waals surface area contributed by atoms with Crippen molar-refractivity contribution in [3.05, 3.63) is 53.2 Å². The fraction of sp³-hybridized carbons (Fsp3) is 0.333. The third kappa shape index (κ3) is 5.27. The average molecular weight is 410 g/mol. The summed E-state index contributed by atoms with van der Waals surface area (Å²) in [7, 11) is 0. The predicted octanol–water partition coefficient (Wildman–Crippen LogP) is 3.04. The van der Waals surface area contributed by atoms with E-state index in [0.717, 1.165) is 16.9 Å². The van der Waals surface area contributed by atoms with Gasteiger partial charge in [-0.05, 0) is 37.6 Å². The highest BCUT2D eigenvalue weighted by Gasteiger charge is 2.24. The Labute approximate surface area is 174 Å². The lowest BCUT2D eigenvalue weighted by atomic mass is 10.1. The Bertz CT molecular complexity index is 934. The van der Waals surface area contributed by atoms with Crippen LogP contribution in [0, 0.1) is 25.2 Å². The van der Waals surface area contributed by atoms with Crippen LogP contribution in [0.15, 0.2) is 41.4 Å². The van der Waals surface area contributed by atoms with E-state index in [4.69, 9.17) is 0 Å². The van der Waals surface area contributed by atoms with Crippen LogP contribution in [0.1, 0.15) is 16.8 Å². The number of rotatable bonds is 4. The van der Waals surface area contributed by atoms with E-state index in [1.807, 2.05) is 50.2 Å². The quantitative estimate of drug-likeness (QED) is 0.784. The Kier molecular flexibility index (Phi) is 6.73. The number of anilines is 1. The van der Waals surface area contributed by atoms with E-state index in [9.17, 15) is 14.9 Å². The van der Waals surface area contributed by atoms with Crippen LogP contribution >= 0.6 is 11.8 Å². The number of aryl methyl sites for hydroxylation is 2. The number of carbonyl (C=O) groups is 2. The van der Waals surface area contributed by atoms with Crippen LogP contribution in [-0.2, 0) is 4.79 Å². The number of hydrogen-bond acceptors (Lipinski definition) is 5. The van der Waals surface area contributed by atoms with Crippen LogP contribution in [0.25, 0.3) is 0 Å². The van der Waals surface area contributed by atoms with E-state index < -0.39 is 0 Å². The molecule has 0 bridgehead atoms. The van der Waals surface area contributed by atoms with Gasteiger partial charge in [0.1, 0.15) is 11.1 Å². The lowest BCUT2D eigenvalue weighted by molar-refractivity contribution is -0.129. The zero-order valence-electron chi connectivity index (χ0n) is 16.5. The molecular weight excluding hydrogens is 386 g/mol. The maximum absolute atomic E-state index is 12.6. The molecule has 8 heteroatoms. The zero-order valence-corrected chi connectivity index (χ0v) is 17.3. The number of pyridine rings is 1. The normalized spacial score (nSPS) is 13.7. The number of para-hydroxylation sites is 1. The standard InChI is InChI=1S/C21H23N5O2S/c1-15-12-16(2)23-20(18(15)13-22)29-14-19(27)25-8-10-26(11-9-25)21(28)24-17-6-4-3-5-7-17/h3-7,12H,8-11,14H2,1-2H3,(H,24,28). The van der Waals surface area contributed by atoms with Crippen molar-refractivity contribution in [2.24, 2.45) is 0 Å². The lowest BCUT2D eigenvalue weighted by Crippen LogP contribution is -2.52. The van der Waals surface area contributed by atoms with Crippen molar-refractivity contribution in [2.75, 3.05) is 37.2 Å². The number of piperazine rings is 1. The van der Waals surface area contributed by atoms with Crippen molar-refractivity contribution in [2.45, 2.75) is 18.9 Å². The third-order valence-electron chi connectivity index (χ3n) is 4.70. The smallest absolute Gasteiger partial charge is 0.321 e. The molecule has 1 saturated heterocycles. The molecule has 1 aliphatic heterocycles. The molecular formula is C21H23N5O2S. The number of amides is 3. The summed E-state index contributed by atoms with van der Waals surface area (Å²) in [5.74, 6) is 0.212. The van der Waals surface area contributed by atoms with Gasteiger partial charge in [0.15, 0.2) is 0 Å². The first-order valence-corrected chi connectivity index (χ1v) is 10.4. The van der Waals surface area contributed by atoms with Crippen LogP contribution < -0.4 is 5.32 Å². The summed E-state index contributed by atoms with van der Waals surface area (Å²) in [5.41, 5.74) is 2.97. The Morgan fingerprint density at radius 1 is 1.14 bits per heavy atom. The largest absolute Gasteiger partial charge is 0.338 e. The summed E-state index contributed by atoms with van der Waals surface area (Å²) in [5, 5.41) is 12.8. The molecule has 1 aromatic heterocycles. The molecule has 7 nitrogen and oxygen atoms in total. The molecule has 150 valence electrons. The van der Waals surface area contributed by atoms with Crippen molar-refractivity contribution in [1.82, 2.24) is 14.8 Å². The number of thioether (sulfide) groups is 1. The Balaban J connectivity index is 1.51. The number of urea groups is 1. The zero-order chi connectivity index (χ0) is 20.8. The summed E-state index contributed by atoms with van der Waals surface area (Å²) < 4.78 is 0. The Morgan fingerprint density at radius 3 is 2.45 bits per heavy atom. The van der Waals surface area contributed by atoms with Gasteiger partial charge in [-0.25, -0.2) is 9.78 Å².